The lowest BCUT2D eigenvalue weighted by atomic mass is 10.0. The fourth-order valence-electron chi connectivity index (χ4n) is 2.37. The highest BCUT2D eigenvalue weighted by Gasteiger charge is 2.25. The molecule has 2 rings (SSSR count). The van der Waals surface area contributed by atoms with Gasteiger partial charge in [-0.1, -0.05) is 6.07 Å². The first kappa shape index (κ1) is 14.2. The van der Waals surface area contributed by atoms with Crippen LogP contribution in [0.15, 0.2) is 18.2 Å². The number of ether oxygens (including phenoxy) is 2. The SMILES string of the molecule is CCOc1ccc(CN2CC(CO)C2)cc1OCC. The molecule has 0 amide bonds. The predicted molar refractivity (Wildman–Crippen MR) is 74.6 cm³/mol. The van der Waals surface area contributed by atoms with E-state index in [1.807, 2.05) is 19.9 Å². The summed E-state index contributed by atoms with van der Waals surface area (Å²) in [5, 5.41) is 9.02. The summed E-state index contributed by atoms with van der Waals surface area (Å²) in [7, 11) is 0. The molecule has 1 aromatic rings. The van der Waals surface area contributed by atoms with Crippen molar-refractivity contribution in [1.82, 2.24) is 4.90 Å². The molecule has 4 nitrogen and oxygen atoms in total. The molecule has 0 atom stereocenters. The van der Waals surface area contributed by atoms with Gasteiger partial charge in [-0.25, -0.2) is 0 Å². The fraction of sp³-hybridized carbons (Fsp3) is 0.600. The van der Waals surface area contributed by atoms with E-state index in [2.05, 4.69) is 17.0 Å². The van der Waals surface area contributed by atoms with Crippen LogP contribution in [0.2, 0.25) is 0 Å². The second-order valence-electron chi connectivity index (χ2n) is 4.89. The summed E-state index contributed by atoms with van der Waals surface area (Å²) < 4.78 is 11.2. The van der Waals surface area contributed by atoms with Crippen molar-refractivity contribution in [3.63, 3.8) is 0 Å². The van der Waals surface area contributed by atoms with E-state index in [-0.39, 0.29) is 0 Å². The smallest absolute Gasteiger partial charge is 0.161 e. The van der Waals surface area contributed by atoms with Crippen LogP contribution in [0.4, 0.5) is 0 Å². The van der Waals surface area contributed by atoms with Crippen molar-refractivity contribution in [1.29, 1.82) is 0 Å². The molecule has 0 spiro atoms. The molecule has 1 aromatic carbocycles. The number of rotatable bonds is 7. The highest BCUT2D eigenvalue weighted by atomic mass is 16.5. The molecule has 1 saturated heterocycles. The first-order chi connectivity index (χ1) is 9.26. The number of aliphatic hydroxyl groups excluding tert-OH is 1. The Bertz CT molecular complexity index is 402. The van der Waals surface area contributed by atoms with Crippen molar-refractivity contribution in [3.05, 3.63) is 23.8 Å². The van der Waals surface area contributed by atoms with Gasteiger partial charge < -0.3 is 14.6 Å². The van der Waals surface area contributed by atoms with E-state index in [9.17, 15) is 0 Å². The van der Waals surface area contributed by atoms with Gasteiger partial charge in [0.05, 0.1) is 13.2 Å². The summed E-state index contributed by atoms with van der Waals surface area (Å²) in [6, 6.07) is 6.12. The Hall–Kier alpha value is -1.26. The Morgan fingerprint density at radius 1 is 1.16 bits per heavy atom. The number of aliphatic hydroxyl groups is 1. The predicted octanol–water partition coefficient (Wildman–Crippen LogP) is 1.91. The molecule has 1 fully saturated rings. The summed E-state index contributed by atoms with van der Waals surface area (Å²) in [5.41, 5.74) is 1.23. The summed E-state index contributed by atoms with van der Waals surface area (Å²) in [6.45, 7) is 8.39. The molecule has 1 N–H and O–H groups in total. The Morgan fingerprint density at radius 3 is 2.47 bits per heavy atom. The van der Waals surface area contributed by atoms with Crippen LogP contribution in [-0.2, 0) is 6.54 Å². The zero-order valence-electron chi connectivity index (χ0n) is 11.8. The molecular weight excluding hydrogens is 242 g/mol. The monoisotopic (exact) mass is 265 g/mol. The van der Waals surface area contributed by atoms with Gasteiger partial charge in [0.2, 0.25) is 0 Å². The molecule has 19 heavy (non-hydrogen) atoms. The molecule has 0 aliphatic carbocycles. The molecule has 0 aromatic heterocycles. The van der Waals surface area contributed by atoms with Crippen molar-refractivity contribution in [3.8, 4) is 11.5 Å². The van der Waals surface area contributed by atoms with Crippen molar-refractivity contribution < 1.29 is 14.6 Å². The third kappa shape index (κ3) is 3.61. The van der Waals surface area contributed by atoms with Gasteiger partial charge in [-0.05, 0) is 31.5 Å². The normalized spacial score (nSPS) is 16.2. The first-order valence-corrected chi connectivity index (χ1v) is 6.98. The number of hydrogen-bond acceptors (Lipinski definition) is 4. The summed E-state index contributed by atoms with van der Waals surface area (Å²) in [5.74, 6) is 2.08. The average molecular weight is 265 g/mol. The van der Waals surface area contributed by atoms with Gasteiger partial charge in [-0.2, -0.15) is 0 Å². The van der Waals surface area contributed by atoms with Crippen molar-refractivity contribution >= 4 is 0 Å². The Kier molecular flexibility index (Phi) is 5.05. The zero-order valence-corrected chi connectivity index (χ0v) is 11.8. The van der Waals surface area contributed by atoms with Crippen LogP contribution in [0.5, 0.6) is 11.5 Å². The maximum absolute atomic E-state index is 9.02. The Balaban J connectivity index is 1.99. The first-order valence-electron chi connectivity index (χ1n) is 6.98. The van der Waals surface area contributed by atoms with Crippen LogP contribution >= 0.6 is 0 Å². The van der Waals surface area contributed by atoms with E-state index in [0.29, 0.717) is 25.7 Å². The highest BCUT2D eigenvalue weighted by Crippen LogP contribution is 2.29. The van der Waals surface area contributed by atoms with Crippen LogP contribution in [-0.4, -0.2) is 42.9 Å². The van der Waals surface area contributed by atoms with Gasteiger partial charge in [0, 0.05) is 32.2 Å². The van der Waals surface area contributed by atoms with Gasteiger partial charge in [-0.15, -0.1) is 0 Å². The van der Waals surface area contributed by atoms with Crippen LogP contribution < -0.4 is 9.47 Å². The van der Waals surface area contributed by atoms with E-state index in [1.54, 1.807) is 0 Å². The Morgan fingerprint density at radius 2 is 1.84 bits per heavy atom. The molecule has 1 heterocycles. The molecule has 0 bridgehead atoms. The van der Waals surface area contributed by atoms with E-state index >= 15 is 0 Å². The Labute approximate surface area is 114 Å². The quantitative estimate of drug-likeness (QED) is 0.817. The minimum atomic E-state index is 0.296. The minimum Gasteiger partial charge on any atom is -0.490 e. The molecular formula is C15H23NO3. The second-order valence-corrected chi connectivity index (χ2v) is 4.89. The van der Waals surface area contributed by atoms with Gasteiger partial charge in [0.15, 0.2) is 11.5 Å². The molecule has 4 heteroatoms. The van der Waals surface area contributed by atoms with Crippen molar-refractivity contribution in [2.24, 2.45) is 5.92 Å². The molecule has 0 saturated carbocycles. The zero-order chi connectivity index (χ0) is 13.7. The lowest BCUT2D eigenvalue weighted by Gasteiger charge is -2.38. The van der Waals surface area contributed by atoms with Gasteiger partial charge in [-0.3, -0.25) is 4.90 Å². The second kappa shape index (κ2) is 6.78. The van der Waals surface area contributed by atoms with Crippen LogP contribution in [0.3, 0.4) is 0 Å². The fourth-order valence-corrected chi connectivity index (χ4v) is 2.37. The minimum absolute atomic E-state index is 0.296. The lowest BCUT2D eigenvalue weighted by molar-refractivity contribution is 0.0478. The number of likely N-dealkylation sites (tertiary alicyclic amines) is 1. The molecule has 0 radical (unpaired) electrons. The molecule has 1 aliphatic heterocycles. The number of nitrogens with zero attached hydrogens (tertiary/aromatic N) is 1. The van der Waals surface area contributed by atoms with Crippen LogP contribution in [0.1, 0.15) is 19.4 Å². The van der Waals surface area contributed by atoms with Crippen LogP contribution in [0.25, 0.3) is 0 Å². The topological polar surface area (TPSA) is 41.9 Å². The highest BCUT2D eigenvalue weighted by molar-refractivity contribution is 5.43. The van der Waals surface area contributed by atoms with Crippen molar-refractivity contribution in [2.75, 3.05) is 32.9 Å². The molecule has 0 unspecified atom stereocenters. The van der Waals surface area contributed by atoms with E-state index in [0.717, 1.165) is 31.1 Å². The summed E-state index contributed by atoms with van der Waals surface area (Å²) in [4.78, 5) is 2.33. The number of hydrogen-bond donors (Lipinski definition) is 1. The average Bonchev–Trinajstić information content (AvgIpc) is 2.36. The standard InChI is InChI=1S/C15H23NO3/c1-3-18-14-6-5-12(7-15(14)19-4-2)8-16-9-13(10-16)11-17/h5-7,13,17H,3-4,8-11H2,1-2H3. The van der Waals surface area contributed by atoms with E-state index < -0.39 is 0 Å². The molecule has 1 aliphatic rings. The van der Waals surface area contributed by atoms with Crippen molar-refractivity contribution in [2.45, 2.75) is 20.4 Å². The maximum atomic E-state index is 9.02. The molecule has 106 valence electrons. The third-order valence-corrected chi connectivity index (χ3v) is 3.30. The van der Waals surface area contributed by atoms with Gasteiger partial charge in [0.1, 0.15) is 0 Å². The number of benzene rings is 1. The van der Waals surface area contributed by atoms with Gasteiger partial charge in [0.25, 0.3) is 0 Å². The largest absolute Gasteiger partial charge is 0.490 e. The van der Waals surface area contributed by atoms with Crippen LogP contribution in [0, 0.1) is 5.92 Å². The van der Waals surface area contributed by atoms with E-state index in [1.165, 1.54) is 5.56 Å². The third-order valence-electron chi connectivity index (χ3n) is 3.30. The summed E-state index contributed by atoms with van der Waals surface area (Å²) >= 11 is 0. The maximum Gasteiger partial charge on any atom is 0.161 e. The van der Waals surface area contributed by atoms with Gasteiger partial charge >= 0.3 is 0 Å². The summed E-state index contributed by atoms with van der Waals surface area (Å²) in [6.07, 6.45) is 0. The lowest BCUT2D eigenvalue weighted by Crippen LogP contribution is -2.47. The van der Waals surface area contributed by atoms with E-state index in [4.69, 9.17) is 14.6 Å².